The fourth-order valence-electron chi connectivity index (χ4n) is 1.04. The molecular formula is C10H14N2O4. The molecule has 88 valence electrons. The molecule has 16 heavy (non-hydrogen) atoms. The van der Waals surface area contributed by atoms with E-state index in [-0.39, 0.29) is 30.7 Å². The molecule has 6 nitrogen and oxygen atoms in total. The molecule has 1 aromatic heterocycles. The minimum atomic E-state index is -1.13. The number of carboxylic acids is 1. The molecule has 1 heterocycles. The summed E-state index contributed by atoms with van der Waals surface area (Å²) in [4.78, 5) is 21.8. The minimum Gasteiger partial charge on any atom is -0.475 e. The standard InChI is InChI=1S/C10H14N2O4/c1-6(4-11)9(13)12-5-7-2-3-8(16-7)10(14)15/h2-3,6H,4-5,11H2,1H3,(H,12,13)(H,14,15). The van der Waals surface area contributed by atoms with Crippen molar-refractivity contribution in [3.8, 4) is 0 Å². The Hall–Kier alpha value is -1.82. The number of carbonyl (C=O) groups excluding carboxylic acids is 1. The van der Waals surface area contributed by atoms with Crippen molar-refractivity contribution in [1.82, 2.24) is 5.32 Å². The maximum atomic E-state index is 11.3. The van der Waals surface area contributed by atoms with Gasteiger partial charge in [-0.3, -0.25) is 4.79 Å². The fourth-order valence-corrected chi connectivity index (χ4v) is 1.04. The highest BCUT2D eigenvalue weighted by Crippen LogP contribution is 2.07. The zero-order valence-electron chi connectivity index (χ0n) is 8.90. The predicted molar refractivity (Wildman–Crippen MR) is 55.7 cm³/mol. The van der Waals surface area contributed by atoms with Crippen molar-refractivity contribution in [2.24, 2.45) is 11.7 Å². The summed E-state index contributed by atoms with van der Waals surface area (Å²) >= 11 is 0. The van der Waals surface area contributed by atoms with Crippen LogP contribution in [0, 0.1) is 5.92 Å². The molecule has 0 aliphatic carbocycles. The van der Waals surface area contributed by atoms with Crippen LogP contribution in [0.25, 0.3) is 0 Å². The topological polar surface area (TPSA) is 106 Å². The first-order chi connectivity index (χ1) is 7.54. The van der Waals surface area contributed by atoms with E-state index in [0.29, 0.717) is 5.76 Å². The SMILES string of the molecule is CC(CN)C(=O)NCc1ccc(C(=O)O)o1. The third kappa shape index (κ3) is 3.09. The van der Waals surface area contributed by atoms with Gasteiger partial charge in [0.25, 0.3) is 0 Å². The third-order valence-corrected chi connectivity index (χ3v) is 2.11. The fraction of sp³-hybridized carbons (Fsp3) is 0.400. The Balaban J connectivity index is 2.48. The van der Waals surface area contributed by atoms with E-state index in [1.807, 2.05) is 0 Å². The Morgan fingerprint density at radius 2 is 2.25 bits per heavy atom. The summed E-state index contributed by atoms with van der Waals surface area (Å²) in [5.74, 6) is -1.33. The Morgan fingerprint density at radius 3 is 2.75 bits per heavy atom. The van der Waals surface area contributed by atoms with Gasteiger partial charge in [0.05, 0.1) is 6.54 Å². The molecule has 1 atom stereocenters. The van der Waals surface area contributed by atoms with Crippen molar-refractivity contribution >= 4 is 11.9 Å². The Kier molecular flexibility index (Phi) is 4.07. The third-order valence-electron chi connectivity index (χ3n) is 2.11. The van der Waals surface area contributed by atoms with E-state index in [0.717, 1.165) is 0 Å². The van der Waals surface area contributed by atoms with Crippen LogP contribution >= 0.6 is 0 Å². The zero-order valence-corrected chi connectivity index (χ0v) is 8.90. The molecule has 1 unspecified atom stereocenters. The maximum Gasteiger partial charge on any atom is 0.371 e. The van der Waals surface area contributed by atoms with Crippen LogP contribution in [0.4, 0.5) is 0 Å². The summed E-state index contributed by atoms with van der Waals surface area (Å²) in [5, 5.41) is 11.2. The van der Waals surface area contributed by atoms with Gasteiger partial charge in [0.1, 0.15) is 5.76 Å². The lowest BCUT2D eigenvalue weighted by Crippen LogP contribution is -2.32. The molecule has 0 bridgehead atoms. The number of furan rings is 1. The van der Waals surface area contributed by atoms with Crippen LogP contribution in [0.2, 0.25) is 0 Å². The van der Waals surface area contributed by atoms with Crippen molar-refractivity contribution in [1.29, 1.82) is 0 Å². The number of nitrogens with two attached hydrogens (primary N) is 1. The number of hydrogen-bond donors (Lipinski definition) is 3. The molecule has 1 aromatic rings. The van der Waals surface area contributed by atoms with E-state index in [4.69, 9.17) is 15.3 Å². The number of carboxylic acid groups (broad SMARTS) is 1. The van der Waals surface area contributed by atoms with E-state index in [9.17, 15) is 9.59 Å². The van der Waals surface area contributed by atoms with E-state index in [2.05, 4.69) is 5.32 Å². The number of carbonyl (C=O) groups is 2. The molecule has 0 radical (unpaired) electrons. The molecule has 0 aliphatic rings. The zero-order chi connectivity index (χ0) is 12.1. The van der Waals surface area contributed by atoms with Gasteiger partial charge < -0.3 is 20.6 Å². The molecule has 0 spiro atoms. The van der Waals surface area contributed by atoms with Crippen LogP contribution in [0.5, 0.6) is 0 Å². The second kappa shape index (κ2) is 5.32. The van der Waals surface area contributed by atoms with Gasteiger partial charge in [-0.1, -0.05) is 6.92 Å². The monoisotopic (exact) mass is 226 g/mol. The first-order valence-electron chi connectivity index (χ1n) is 4.84. The van der Waals surface area contributed by atoms with Crippen LogP contribution in [0.1, 0.15) is 23.2 Å². The van der Waals surface area contributed by atoms with E-state index in [1.54, 1.807) is 6.92 Å². The van der Waals surface area contributed by atoms with E-state index >= 15 is 0 Å². The van der Waals surface area contributed by atoms with Crippen LogP contribution in [-0.2, 0) is 11.3 Å². The lowest BCUT2D eigenvalue weighted by molar-refractivity contribution is -0.124. The van der Waals surface area contributed by atoms with Crippen molar-refractivity contribution in [3.63, 3.8) is 0 Å². The average Bonchev–Trinajstić information content (AvgIpc) is 2.73. The molecule has 1 rings (SSSR count). The molecule has 1 amide bonds. The van der Waals surface area contributed by atoms with Gasteiger partial charge in [0, 0.05) is 12.5 Å². The Bertz CT molecular complexity index is 386. The normalized spacial score (nSPS) is 12.1. The summed E-state index contributed by atoms with van der Waals surface area (Å²) in [6.45, 7) is 2.14. The summed E-state index contributed by atoms with van der Waals surface area (Å²) < 4.78 is 4.96. The first kappa shape index (κ1) is 12.3. The molecule has 0 aliphatic heterocycles. The van der Waals surface area contributed by atoms with E-state index in [1.165, 1.54) is 12.1 Å². The first-order valence-corrected chi connectivity index (χ1v) is 4.84. The molecule has 6 heteroatoms. The highest BCUT2D eigenvalue weighted by atomic mass is 16.4. The number of rotatable bonds is 5. The minimum absolute atomic E-state index is 0.142. The largest absolute Gasteiger partial charge is 0.475 e. The highest BCUT2D eigenvalue weighted by Gasteiger charge is 2.12. The molecule has 0 aromatic carbocycles. The van der Waals surface area contributed by atoms with Gasteiger partial charge in [0.2, 0.25) is 11.7 Å². The molecule has 4 N–H and O–H groups in total. The van der Waals surface area contributed by atoms with Crippen LogP contribution in [0.15, 0.2) is 16.5 Å². The summed E-state index contributed by atoms with van der Waals surface area (Å²) in [7, 11) is 0. The van der Waals surface area contributed by atoms with Crippen LogP contribution in [0.3, 0.4) is 0 Å². The number of amides is 1. The van der Waals surface area contributed by atoms with Gasteiger partial charge in [-0.15, -0.1) is 0 Å². The number of hydrogen-bond acceptors (Lipinski definition) is 4. The molecule has 0 fully saturated rings. The van der Waals surface area contributed by atoms with Gasteiger partial charge in [-0.05, 0) is 12.1 Å². The quantitative estimate of drug-likeness (QED) is 0.664. The van der Waals surface area contributed by atoms with Crippen molar-refractivity contribution in [3.05, 3.63) is 23.7 Å². The van der Waals surface area contributed by atoms with Gasteiger partial charge in [0.15, 0.2) is 0 Å². The Labute approximate surface area is 92.4 Å². The van der Waals surface area contributed by atoms with Gasteiger partial charge in [-0.25, -0.2) is 4.79 Å². The lowest BCUT2D eigenvalue weighted by atomic mass is 10.2. The lowest BCUT2D eigenvalue weighted by Gasteiger charge is -2.08. The summed E-state index contributed by atoms with van der Waals surface area (Å²) in [6, 6.07) is 2.85. The summed E-state index contributed by atoms with van der Waals surface area (Å²) in [5.41, 5.74) is 5.32. The van der Waals surface area contributed by atoms with Crippen LogP contribution in [-0.4, -0.2) is 23.5 Å². The predicted octanol–water partition coefficient (Wildman–Crippen LogP) is 0.189. The number of nitrogens with one attached hydrogen (secondary N) is 1. The molecule has 0 saturated carbocycles. The van der Waals surface area contributed by atoms with Crippen molar-refractivity contribution in [2.75, 3.05) is 6.54 Å². The number of aromatic carboxylic acids is 1. The van der Waals surface area contributed by atoms with Crippen molar-refractivity contribution in [2.45, 2.75) is 13.5 Å². The van der Waals surface area contributed by atoms with Gasteiger partial charge >= 0.3 is 5.97 Å². The second-order valence-electron chi connectivity index (χ2n) is 3.43. The summed E-state index contributed by atoms with van der Waals surface area (Å²) in [6.07, 6.45) is 0. The second-order valence-corrected chi connectivity index (χ2v) is 3.43. The van der Waals surface area contributed by atoms with Crippen molar-refractivity contribution < 1.29 is 19.1 Å². The molecule has 0 saturated heterocycles. The van der Waals surface area contributed by atoms with Gasteiger partial charge in [-0.2, -0.15) is 0 Å². The Morgan fingerprint density at radius 1 is 1.56 bits per heavy atom. The average molecular weight is 226 g/mol. The van der Waals surface area contributed by atoms with E-state index < -0.39 is 5.97 Å². The smallest absolute Gasteiger partial charge is 0.371 e. The maximum absolute atomic E-state index is 11.3. The molecular weight excluding hydrogens is 212 g/mol. The van der Waals surface area contributed by atoms with Crippen LogP contribution < -0.4 is 11.1 Å². The highest BCUT2D eigenvalue weighted by molar-refractivity contribution is 5.84.